The summed E-state index contributed by atoms with van der Waals surface area (Å²) in [6.07, 6.45) is 6.00. The molecule has 4 rings (SSSR count). The molecule has 7 nitrogen and oxygen atoms in total. The third kappa shape index (κ3) is 6.06. The van der Waals surface area contributed by atoms with Gasteiger partial charge in [-0.05, 0) is 74.4 Å². The quantitative estimate of drug-likeness (QED) is 0.459. The molecule has 194 valence electrons. The van der Waals surface area contributed by atoms with Gasteiger partial charge in [0, 0.05) is 29.9 Å². The van der Waals surface area contributed by atoms with Crippen LogP contribution in [0.15, 0.2) is 24.3 Å². The zero-order valence-corrected chi connectivity index (χ0v) is 22.1. The molecule has 2 amide bonds. The Morgan fingerprint density at radius 3 is 2.47 bits per heavy atom. The van der Waals surface area contributed by atoms with Gasteiger partial charge in [-0.15, -0.1) is 0 Å². The molecule has 3 N–H and O–H groups in total. The number of likely N-dealkylation sites (tertiary alicyclic amines) is 1. The summed E-state index contributed by atoms with van der Waals surface area (Å²) in [5.74, 6) is -0.498. The van der Waals surface area contributed by atoms with Crippen LogP contribution in [0.3, 0.4) is 0 Å². The lowest BCUT2D eigenvalue weighted by molar-refractivity contribution is -0.118. The van der Waals surface area contributed by atoms with Crippen LogP contribution in [0.2, 0.25) is 0 Å². The summed E-state index contributed by atoms with van der Waals surface area (Å²) in [6, 6.07) is 7.31. The Bertz CT molecular complexity index is 1110. The van der Waals surface area contributed by atoms with E-state index in [0.717, 1.165) is 50.3 Å². The number of nitrogens with zero attached hydrogens (tertiary/aromatic N) is 1. The summed E-state index contributed by atoms with van der Waals surface area (Å²) in [5, 5.41) is 5.91. The monoisotopic (exact) mass is 492 g/mol. The number of anilines is 1. The largest absolute Gasteiger partial charge is 0.354 e. The first kappa shape index (κ1) is 26.1. The maximum absolute atomic E-state index is 13.3. The number of fused-ring (bicyclic) bond motifs is 1. The lowest BCUT2D eigenvalue weighted by Crippen LogP contribution is -2.44. The number of rotatable bonds is 9. The highest BCUT2D eigenvalue weighted by molar-refractivity contribution is 6.06. The highest BCUT2D eigenvalue weighted by atomic mass is 16.2. The number of carbonyl (C=O) groups is 3. The molecule has 0 bridgehead atoms. The Balaban J connectivity index is 1.43. The fourth-order valence-electron chi connectivity index (χ4n) is 5.49. The zero-order valence-electron chi connectivity index (χ0n) is 22.1. The lowest BCUT2D eigenvalue weighted by Gasteiger charge is -2.28. The zero-order chi connectivity index (χ0) is 25.9. The first-order valence-electron chi connectivity index (χ1n) is 13.3. The SMILES string of the molecule is CCCCC(NC(=O)c1[nH]c2c(c1C)C(=O)CC(C)(C)C2)C(=O)Nc1ccc(CN2CCCC2)cc1. The Labute approximate surface area is 214 Å². The third-order valence-electron chi connectivity index (χ3n) is 7.42. The van der Waals surface area contributed by atoms with Crippen LogP contribution in [0.1, 0.15) is 97.0 Å². The topological polar surface area (TPSA) is 94.3 Å². The molecule has 1 fully saturated rings. The predicted molar refractivity (Wildman–Crippen MR) is 142 cm³/mol. The van der Waals surface area contributed by atoms with E-state index >= 15 is 0 Å². The fraction of sp³-hybridized carbons (Fsp3) is 0.552. The summed E-state index contributed by atoms with van der Waals surface area (Å²) < 4.78 is 0. The minimum atomic E-state index is -0.659. The van der Waals surface area contributed by atoms with Crippen molar-refractivity contribution in [3.63, 3.8) is 0 Å². The second kappa shape index (κ2) is 11.0. The van der Waals surface area contributed by atoms with Gasteiger partial charge in [0.2, 0.25) is 5.91 Å². The smallest absolute Gasteiger partial charge is 0.268 e. The van der Waals surface area contributed by atoms with Crippen LogP contribution in [0.4, 0.5) is 5.69 Å². The molecule has 7 heteroatoms. The highest BCUT2D eigenvalue weighted by Crippen LogP contribution is 2.36. The van der Waals surface area contributed by atoms with Crippen molar-refractivity contribution in [2.75, 3.05) is 18.4 Å². The minimum absolute atomic E-state index is 0.0718. The molecule has 1 aliphatic heterocycles. The summed E-state index contributed by atoms with van der Waals surface area (Å²) in [6.45, 7) is 11.2. The molecular weight excluding hydrogens is 452 g/mol. The number of unbranched alkanes of at least 4 members (excludes halogenated alkanes) is 1. The van der Waals surface area contributed by atoms with Crippen molar-refractivity contribution in [1.29, 1.82) is 0 Å². The Morgan fingerprint density at radius 1 is 1.11 bits per heavy atom. The van der Waals surface area contributed by atoms with Gasteiger partial charge in [-0.25, -0.2) is 0 Å². The molecule has 1 unspecified atom stereocenters. The van der Waals surface area contributed by atoms with Crippen molar-refractivity contribution in [3.05, 3.63) is 52.3 Å². The third-order valence-corrected chi connectivity index (χ3v) is 7.42. The Hall–Kier alpha value is -2.93. The minimum Gasteiger partial charge on any atom is -0.354 e. The number of aromatic amines is 1. The van der Waals surface area contributed by atoms with E-state index in [-0.39, 0.29) is 23.0 Å². The summed E-state index contributed by atoms with van der Waals surface area (Å²) >= 11 is 0. The number of ketones is 1. The van der Waals surface area contributed by atoms with Gasteiger partial charge in [0.15, 0.2) is 5.78 Å². The van der Waals surface area contributed by atoms with E-state index in [0.29, 0.717) is 29.7 Å². The highest BCUT2D eigenvalue weighted by Gasteiger charge is 2.35. The predicted octanol–water partition coefficient (Wildman–Crippen LogP) is 5.00. The Kier molecular flexibility index (Phi) is 7.98. The van der Waals surface area contributed by atoms with Gasteiger partial charge >= 0.3 is 0 Å². The number of amides is 2. The van der Waals surface area contributed by atoms with E-state index in [9.17, 15) is 14.4 Å². The van der Waals surface area contributed by atoms with Crippen LogP contribution in [-0.2, 0) is 17.8 Å². The maximum Gasteiger partial charge on any atom is 0.268 e. The van der Waals surface area contributed by atoms with E-state index in [2.05, 4.69) is 53.4 Å². The first-order chi connectivity index (χ1) is 17.2. The van der Waals surface area contributed by atoms with Crippen LogP contribution in [0, 0.1) is 12.3 Å². The summed E-state index contributed by atoms with van der Waals surface area (Å²) in [5.41, 5.74) is 4.33. The Morgan fingerprint density at radius 2 is 1.81 bits per heavy atom. The average Bonchev–Trinajstić information content (AvgIpc) is 3.44. The van der Waals surface area contributed by atoms with Crippen molar-refractivity contribution in [3.8, 4) is 0 Å². The van der Waals surface area contributed by atoms with Gasteiger partial charge in [0.05, 0.1) is 0 Å². The molecule has 36 heavy (non-hydrogen) atoms. The van der Waals surface area contributed by atoms with Crippen LogP contribution in [0.5, 0.6) is 0 Å². The van der Waals surface area contributed by atoms with E-state index in [4.69, 9.17) is 0 Å². The summed E-state index contributed by atoms with van der Waals surface area (Å²) in [7, 11) is 0. The van der Waals surface area contributed by atoms with Crippen molar-refractivity contribution in [2.24, 2.45) is 5.41 Å². The van der Waals surface area contributed by atoms with E-state index in [1.165, 1.54) is 18.4 Å². The molecule has 1 aromatic carbocycles. The van der Waals surface area contributed by atoms with E-state index in [1.54, 1.807) is 0 Å². The van der Waals surface area contributed by atoms with Crippen LogP contribution >= 0.6 is 0 Å². The number of aromatic nitrogens is 1. The maximum atomic E-state index is 13.3. The van der Waals surface area contributed by atoms with E-state index < -0.39 is 6.04 Å². The van der Waals surface area contributed by atoms with Gasteiger partial charge in [-0.2, -0.15) is 0 Å². The van der Waals surface area contributed by atoms with Crippen molar-refractivity contribution in [1.82, 2.24) is 15.2 Å². The number of Topliss-reactive ketones (excluding diaryl/α,β-unsaturated/α-hetero) is 1. The van der Waals surface area contributed by atoms with Crippen LogP contribution in [0.25, 0.3) is 0 Å². The molecule has 1 aliphatic carbocycles. The molecular formula is C29H40N4O3. The molecule has 0 radical (unpaired) electrons. The lowest BCUT2D eigenvalue weighted by atomic mass is 9.75. The van der Waals surface area contributed by atoms with Gasteiger partial charge in [0.1, 0.15) is 11.7 Å². The number of nitrogens with one attached hydrogen (secondary N) is 3. The second-order valence-electron chi connectivity index (χ2n) is 11.3. The summed E-state index contributed by atoms with van der Waals surface area (Å²) in [4.78, 5) is 44.8. The first-order valence-corrected chi connectivity index (χ1v) is 13.3. The van der Waals surface area contributed by atoms with Gasteiger partial charge in [-0.3, -0.25) is 19.3 Å². The standard InChI is InChI=1S/C29H40N4O3/c1-5-6-9-22(27(35)30-21-12-10-20(11-13-21)18-33-14-7-8-15-33)32-28(36)26-19(2)25-23(31-26)16-29(3,4)17-24(25)34/h10-13,22,31H,5-9,14-18H2,1-4H3,(H,30,35)(H,32,36). The average molecular weight is 493 g/mol. The molecule has 1 atom stereocenters. The van der Waals surface area contributed by atoms with Gasteiger partial charge in [-0.1, -0.05) is 45.7 Å². The van der Waals surface area contributed by atoms with Gasteiger partial charge in [0.25, 0.3) is 5.91 Å². The van der Waals surface area contributed by atoms with Crippen LogP contribution in [-0.4, -0.2) is 46.6 Å². The number of H-pyrrole nitrogens is 1. The fourth-order valence-corrected chi connectivity index (χ4v) is 5.49. The molecule has 2 aromatic rings. The van der Waals surface area contributed by atoms with Crippen molar-refractivity contribution >= 4 is 23.3 Å². The number of carbonyl (C=O) groups excluding carboxylic acids is 3. The van der Waals surface area contributed by atoms with Crippen LogP contribution < -0.4 is 10.6 Å². The molecule has 1 aromatic heterocycles. The molecule has 0 saturated carbocycles. The molecule has 2 aliphatic rings. The number of hydrogen-bond acceptors (Lipinski definition) is 4. The number of benzene rings is 1. The second-order valence-corrected chi connectivity index (χ2v) is 11.3. The van der Waals surface area contributed by atoms with Crippen molar-refractivity contribution in [2.45, 2.75) is 85.2 Å². The number of hydrogen-bond donors (Lipinski definition) is 3. The van der Waals surface area contributed by atoms with Gasteiger partial charge < -0.3 is 15.6 Å². The van der Waals surface area contributed by atoms with E-state index in [1.807, 2.05) is 19.1 Å². The molecule has 1 saturated heterocycles. The van der Waals surface area contributed by atoms with Crippen molar-refractivity contribution < 1.29 is 14.4 Å². The molecule has 2 heterocycles. The normalized spacial score (nSPS) is 18.1. The molecule has 0 spiro atoms.